The van der Waals surface area contributed by atoms with Crippen molar-refractivity contribution in [3.63, 3.8) is 0 Å². The Hall–Kier alpha value is -0.730. The lowest BCUT2D eigenvalue weighted by molar-refractivity contribution is 0.0166. The molecule has 3 nitrogen and oxygen atoms in total. The summed E-state index contributed by atoms with van der Waals surface area (Å²) in [5.41, 5.74) is 0.295. The van der Waals surface area contributed by atoms with Crippen LogP contribution < -0.4 is 0 Å². The van der Waals surface area contributed by atoms with E-state index >= 15 is 0 Å². The van der Waals surface area contributed by atoms with Crippen LogP contribution in [0.2, 0.25) is 0 Å². The molecule has 1 saturated heterocycles. The molecule has 0 aromatic carbocycles. The Morgan fingerprint density at radius 2 is 2.08 bits per heavy atom. The highest BCUT2D eigenvalue weighted by Crippen LogP contribution is 2.28. The van der Waals surface area contributed by atoms with Crippen LogP contribution in [-0.4, -0.2) is 30.7 Å². The van der Waals surface area contributed by atoms with Gasteiger partial charge in [0.2, 0.25) is 0 Å². The van der Waals surface area contributed by atoms with Gasteiger partial charge in [-0.25, -0.2) is 4.79 Å². The SMILES string of the molecule is CCCCOC(=O)N1CC(C)(C)C1. The third kappa shape index (κ3) is 2.90. The predicted molar refractivity (Wildman–Crippen MR) is 51.6 cm³/mol. The number of ether oxygens (including phenoxy) is 1. The van der Waals surface area contributed by atoms with E-state index in [9.17, 15) is 4.79 Å². The molecule has 1 amide bonds. The highest BCUT2D eigenvalue weighted by molar-refractivity contribution is 5.68. The van der Waals surface area contributed by atoms with Gasteiger partial charge in [0.25, 0.3) is 0 Å². The molecule has 1 rings (SSSR count). The second-order valence-corrected chi connectivity index (χ2v) is 4.49. The lowest BCUT2D eigenvalue weighted by atomic mass is 9.85. The molecule has 0 spiro atoms. The third-order valence-corrected chi connectivity index (χ3v) is 2.22. The first-order chi connectivity index (χ1) is 6.05. The van der Waals surface area contributed by atoms with Gasteiger partial charge in [0.15, 0.2) is 0 Å². The Morgan fingerprint density at radius 3 is 2.54 bits per heavy atom. The number of carbonyl (C=O) groups is 1. The molecule has 76 valence electrons. The first kappa shape index (κ1) is 10.4. The minimum absolute atomic E-state index is 0.146. The fraction of sp³-hybridized carbons (Fsp3) is 0.900. The molecule has 0 aliphatic carbocycles. The van der Waals surface area contributed by atoms with Crippen LogP contribution in [0.1, 0.15) is 33.6 Å². The summed E-state index contributed by atoms with van der Waals surface area (Å²) in [6.07, 6.45) is 1.88. The van der Waals surface area contributed by atoms with Crippen molar-refractivity contribution in [1.29, 1.82) is 0 Å². The second kappa shape index (κ2) is 3.99. The zero-order chi connectivity index (χ0) is 9.90. The smallest absolute Gasteiger partial charge is 0.409 e. The van der Waals surface area contributed by atoms with E-state index in [1.807, 2.05) is 0 Å². The van der Waals surface area contributed by atoms with E-state index < -0.39 is 0 Å². The van der Waals surface area contributed by atoms with Crippen molar-refractivity contribution in [2.24, 2.45) is 5.41 Å². The molecule has 3 heteroatoms. The molecular formula is C10H19NO2. The van der Waals surface area contributed by atoms with Crippen LogP contribution in [0.5, 0.6) is 0 Å². The third-order valence-electron chi connectivity index (χ3n) is 2.22. The predicted octanol–water partition coefficient (Wildman–Crippen LogP) is 2.26. The molecule has 0 bridgehead atoms. The van der Waals surface area contributed by atoms with E-state index in [2.05, 4.69) is 20.8 Å². The molecule has 0 aromatic heterocycles. The Bertz CT molecular complexity index is 181. The average molecular weight is 185 g/mol. The Balaban J connectivity index is 2.12. The van der Waals surface area contributed by atoms with E-state index in [1.165, 1.54) is 0 Å². The van der Waals surface area contributed by atoms with E-state index in [-0.39, 0.29) is 6.09 Å². The Morgan fingerprint density at radius 1 is 1.46 bits per heavy atom. The summed E-state index contributed by atoms with van der Waals surface area (Å²) >= 11 is 0. The highest BCUT2D eigenvalue weighted by Gasteiger charge is 2.37. The molecule has 1 aliphatic rings. The van der Waals surface area contributed by atoms with Crippen molar-refractivity contribution >= 4 is 6.09 Å². The molecule has 0 aromatic rings. The minimum atomic E-state index is -0.146. The lowest BCUT2D eigenvalue weighted by Gasteiger charge is -2.44. The zero-order valence-corrected chi connectivity index (χ0v) is 8.80. The highest BCUT2D eigenvalue weighted by atomic mass is 16.6. The fourth-order valence-electron chi connectivity index (χ4n) is 1.51. The van der Waals surface area contributed by atoms with Gasteiger partial charge in [-0.3, -0.25) is 0 Å². The van der Waals surface area contributed by atoms with Crippen LogP contribution in [0.4, 0.5) is 4.79 Å². The lowest BCUT2D eigenvalue weighted by Crippen LogP contribution is -2.55. The van der Waals surface area contributed by atoms with Crippen molar-refractivity contribution in [2.75, 3.05) is 19.7 Å². The first-order valence-electron chi connectivity index (χ1n) is 4.97. The number of hydrogen-bond donors (Lipinski definition) is 0. The summed E-state index contributed by atoms with van der Waals surface area (Å²) in [4.78, 5) is 13.1. The molecule has 0 N–H and O–H groups in total. The van der Waals surface area contributed by atoms with Crippen molar-refractivity contribution in [2.45, 2.75) is 33.6 Å². The fourth-order valence-corrected chi connectivity index (χ4v) is 1.51. The van der Waals surface area contributed by atoms with Gasteiger partial charge in [-0.15, -0.1) is 0 Å². The molecular weight excluding hydrogens is 166 g/mol. The first-order valence-corrected chi connectivity index (χ1v) is 4.97. The summed E-state index contributed by atoms with van der Waals surface area (Å²) in [5, 5.41) is 0. The molecule has 0 saturated carbocycles. The standard InChI is InChI=1S/C10H19NO2/c1-4-5-6-13-9(12)11-7-10(2,3)8-11/h4-8H2,1-3H3. The van der Waals surface area contributed by atoms with Crippen LogP contribution in [0, 0.1) is 5.41 Å². The quantitative estimate of drug-likeness (QED) is 0.631. The van der Waals surface area contributed by atoms with Gasteiger partial charge in [-0.05, 0) is 6.42 Å². The van der Waals surface area contributed by atoms with Crippen molar-refractivity contribution < 1.29 is 9.53 Å². The molecule has 1 aliphatic heterocycles. The Labute approximate surface area is 80.1 Å². The van der Waals surface area contributed by atoms with E-state index in [4.69, 9.17) is 4.74 Å². The zero-order valence-electron chi connectivity index (χ0n) is 8.80. The molecule has 0 radical (unpaired) electrons. The van der Waals surface area contributed by atoms with Crippen molar-refractivity contribution in [3.8, 4) is 0 Å². The van der Waals surface area contributed by atoms with E-state index in [0.717, 1.165) is 25.9 Å². The van der Waals surface area contributed by atoms with Crippen LogP contribution in [0.15, 0.2) is 0 Å². The Kier molecular flexibility index (Phi) is 3.17. The number of rotatable bonds is 3. The van der Waals surface area contributed by atoms with Crippen LogP contribution >= 0.6 is 0 Å². The number of unbranched alkanes of at least 4 members (excludes halogenated alkanes) is 1. The molecule has 0 unspecified atom stereocenters. The van der Waals surface area contributed by atoms with Gasteiger partial charge < -0.3 is 9.64 Å². The summed E-state index contributed by atoms with van der Waals surface area (Å²) < 4.78 is 5.07. The van der Waals surface area contributed by atoms with Crippen molar-refractivity contribution in [1.82, 2.24) is 4.90 Å². The summed E-state index contributed by atoms with van der Waals surface area (Å²) in [7, 11) is 0. The summed E-state index contributed by atoms with van der Waals surface area (Å²) in [5.74, 6) is 0. The molecule has 1 heterocycles. The molecule has 1 fully saturated rings. The van der Waals surface area contributed by atoms with Gasteiger partial charge in [0, 0.05) is 18.5 Å². The number of nitrogens with zero attached hydrogens (tertiary/aromatic N) is 1. The van der Waals surface area contributed by atoms with Gasteiger partial charge >= 0.3 is 6.09 Å². The van der Waals surface area contributed by atoms with Crippen LogP contribution in [-0.2, 0) is 4.74 Å². The monoisotopic (exact) mass is 185 g/mol. The van der Waals surface area contributed by atoms with E-state index in [0.29, 0.717) is 12.0 Å². The van der Waals surface area contributed by atoms with Crippen LogP contribution in [0.25, 0.3) is 0 Å². The van der Waals surface area contributed by atoms with Gasteiger partial charge in [-0.2, -0.15) is 0 Å². The second-order valence-electron chi connectivity index (χ2n) is 4.49. The number of carbonyl (C=O) groups excluding carboxylic acids is 1. The van der Waals surface area contributed by atoms with Gasteiger partial charge in [-0.1, -0.05) is 27.2 Å². The van der Waals surface area contributed by atoms with Crippen molar-refractivity contribution in [3.05, 3.63) is 0 Å². The van der Waals surface area contributed by atoms with E-state index in [1.54, 1.807) is 4.90 Å². The average Bonchev–Trinajstić information content (AvgIpc) is 2.00. The molecule has 0 atom stereocenters. The topological polar surface area (TPSA) is 29.5 Å². The summed E-state index contributed by atoms with van der Waals surface area (Å²) in [6, 6.07) is 0. The maximum atomic E-state index is 11.3. The maximum absolute atomic E-state index is 11.3. The molecule has 13 heavy (non-hydrogen) atoms. The van der Waals surface area contributed by atoms with Crippen LogP contribution in [0.3, 0.4) is 0 Å². The number of amides is 1. The normalized spacial score (nSPS) is 19.5. The largest absolute Gasteiger partial charge is 0.449 e. The van der Waals surface area contributed by atoms with Gasteiger partial charge in [0.05, 0.1) is 6.61 Å². The minimum Gasteiger partial charge on any atom is -0.449 e. The number of likely N-dealkylation sites (tertiary alicyclic amines) is 1. The maximum Gasteiger partial charge on any atom is 0.409 e. The summed E-state index contributed by atoms with van der Waals surface area (Å²) in [6.45, 7) is 8.62. The van der Waals surface area contributed by atoms with Gasteiger partial charge in [0.1, 0.15) is 0 Å². The number of hydrogen-bond acceptors (Lipinski definition) is 2.